The summed E-state index contributed by atoms with van der Waals surface area (Å²) in [6.45, 7) is 0.567. The molecule has 0 aliphatic carbocycles. The van der Waals surface area contributed by atoms with Crippen molar-refractivity contribution < 1.29 is 27.9 Å². The highest BCUT2D eigenvalue weighted by Gasteiger charge is 2.40. The number of hydrogen-bond acceptors (Lipinski definition) is 3. The molecule has 0 saturated carbocycles. The molecule has 0 bridgehead atoms. The lowest BCUT2D eigenvalue weighted by atomic mass is 9.98. The predicted molar refractivity (Wildman–Crippen MR) is 81.1 cm³/mol. The van der Waals surface area contributed by atoms with Crippen molar-refractivity contribution in [2.75, 3.05) is 11.9 Å². The molecule has 2 amide bonds. The van der Waals surface area contributed by atoms with E-state index in [1.54, 1.807) is 0 Å². The molecule has 2 rings (SSSR count). The molecule has 1 aromatic carbocycles. The average molecular weight is 344 g/mol. The number of halogens is 3. The van der Waals surface area contributed by atoms with Gasteiger partial charge >= 0.3 is 6.18 Å². The van der Waals surface area contributed by atoms with Gasteiger partial charge in [0.05, 0.1) is 0 Å². The van der Waals surface area contributed by atoms with E-state index in [0.29, 0.717) is 13.0 Å². The second kappa shape index (κ2) is 7.65. The Morgan fingerprint density at radius 1 is 1.33 bits per heavy atom. The van der Waals surface area contributed by atoms with E-state index < -0.39 is 29.7 Å². The van der Waals surface area contributed by atoms with Crippen LogP contribution in [0.25, 0.3) is 0 Å². The van der Waals surface area contributed by atoms with Gasteiger partial charge in [0.25, 0.3) is 0 Å². The van der Waals surface area contributed by atoms with Crippen LogP contribution in [-0.2, 0) is 9.59 Å². The minimum absolute atomic E-state index is 0.109. The summed E-state index contributed by atoms with van der Waals surface area (Å²) < 4.78 is 38.1. The maximum atomic E-state index is 12.7. The first-order chi connectivity index (χ1) is 11.3. The van der Waals surface area contributed by atoms with E-state index in [2.05, 4.69) is 10.6 Å². The Balaban J connectivity index is 2.08. The van der Waals surface area contributed by atoms with Crippen LogP contribution in [-0.4, -0.2) is 29.6 Å². The van der Waals surface area contributed by atoms with Gasteiger partial charge in [0.1, 0.15) is 0 Å². The fraction of sp³-hybridized carbons (Fsp3) is 0.500. The Morgan fingerprint density at radius 2 is 2.04 bits per heavy atom. The number of benzene rings is 1. The number of hydrogen-bond donors (Lipinski definition) is 3. The SMILES string of the molecule is O=C(C[C@H]1CCCCNC1=O)Nc1ccccc1[C@H](O)C(F)(F)F. The van der Waals surface area contributed by atoms with E-state index in [-0.39, 0.29) is 18.0 Å². The second-order valence-corrected chi connectivity index (χ2v) is 5.77. The van der Waals surface area contributed by atoms with Gasteiger partial charge in [0, 0.05) is 30.1 Å². The molecule has 1 fully saturated rings. The molecule has 132 valence electrons. The Hall–Kier alpha value is -2.09. The van der Waals surface area contributed by atoms with Gasteiger partial charge in [-0.1, -0.05) is 24.6 Å². The molecule has 0 unspecified atom stereocenters. The summed E-state index contributed by atoms with van der Waals surface area (Å²) in [7, 11) is 0. The Bertz CT molecular complexity index is 604. The molecule has 0 radical (unpaired) electrons. The monoisotopic (exact) mass is 344 g/mol. The molecule has 1 saturated heterocycles. The maximum Gasteiger partial charge on any atom is 0.418 e. The number of carbonyl (C=O) groups excluding carboxylic acids is 2. The van der Waals surface area contributed by atoms with Crippen molar-refractivity contribution in [2.45, 2.75) is 38.0 Å². The summed E-state index contributed by atoms with van der Waals surface area (Å²) in [6, 6.07) is 5.20. The second-order valence-electron chi connectivity index (χ2n) is 5.77. The number of carbonyl (C=O) groups is 2. The van der Waals surface area contributed by atoms with Crippen molar-refractivity contribution in [3.05, 3.63) is 29.8 Å². The van der Waals surface area contributed by atoms with Crippen molar-refractivity contribution in [1.29, 1.82) is 0 Å². The number of para-hydroxylation sites is 1. The molecular weight excluding hydrogens is 325 g/mol. The highest BCUT2D eigenvalue weighted by atomic mass is 19.4. The van der Waals surface area contributed by atoms with Crippen LogP contribution >= 0.6 is 0 Å². The van der Waals surface area contributed by atoms with Crippen LogP contribution in [0, 0.1) is 5.92 Å². The van der Waals surface area contributed by atoms with Gasteiger partial charge in [-0.25, -0.2) is 0 Å². The van der Waals surface area contributed by atoms with Crippen LogP contribution in [0.5, 0.6) is 0 Å². The molecule has 1 aliphatic rings. The average Bonchev–Trinajstić information content (AvgIpc) is 2.71. The third-order valence-electron chi connectivity index (χ3n) is 3.92. The molecule has 24 heavy (non-hydrogen) atoms. The van der Waals surface area contributed by atoms with Gasteiger partial charge in [0.15, 0.2) is 6.10 Å². The van der Waals surface area contributed by atoms with Crippen molar-refractivity contribution in [3.8, 4) is 0 Å². The zero-order valence-corrected chi connectivity index (χ0v) is 12.9. The van der Waals surface area contributed by atoms with Crippen LogP contribution in [0.1, 0.15) is 37.4 Å². The fourth-order valence-electron chi connectivity index (χ4n) is 2.65. The standard InChI is InChI=1S/C16H19F3N2O3/c17-16(18,19)14(23)11-6-1-2-7-12(11)21-13(22)9-10-5-3-4-8-20-15(10)24/h1-2,6-7,10,14,23H,3-5,8-9H2,(H,20,24)(H,21,22)/t10-,14+/m1/s1. The topological polar surface area (TPSA) is 78.4 Å². The molecule has 2 atom stereocenters. The van der Waals surface area contributed by atoms with Gasteiger partial charge in [0.2, 0.25) is 11.8 Å². The number of amides is 2. The first kappa shape index (κ1) is 18.3. The van der Waals surface area contributed by atoms with Crippen LogP contribution in [0.15, 0.2) is 24.3 Å². The Labute approximate surface area is 137 Å². The lowest BCUT2D eigenvalue weighted by Crippen LogP contribution is -2.31. The van der Waals surface area contributed by atoms with Gasteiger partial charge in [-0.05, 0) is 18.9 Å². The quantitative estimate of drug-likeness (QED) is 0.785. The van der Waals surface area contributed by atoms with Crippen molar-refractivity contribution >= 4 is 17.5 Å². The summed E-state index contributed by atoms with van der Waals surface area (Å²) in [5.74, 6) is -1.27. The number of aliphatic hydroxyl groups is 1. The highest BCUT2D eigenvalue weighted by molar-refractivity contribution is 5.94. The largest absolute Gasteiger partial charge is 0.418 e. The number of aliphatic hydroxyl groups excluding tert-OH is 1. The van der Waals surface area contributed by atoms with E-state index in [1.807, 2.05) is 0 Å². The van der Waals surface area contributed by atoms with E-state index in [1.165, 1.54) is 18.2 Å². The number of rotatable bonds is 4. The molecule has 8 heteroatoms. The minimum Gasteiger partial charge on any atom is -0.379 e. The third-order valence-corrected chi connectivity index (χ3v) is 3.92. The van der Waals surface area contributed by atoms with Gasteiger partial charge in [-0.3, -0.25) is 9.59 Å². The summed E-state index contributed by atoms with van der Waals surface area (Å²) in [5.41, 5.74) is -0.537. The minimum atomic E-state index is -4.83. The molecular formula is C16H19F3N2O3. The number of anilines is 1. The van der Waals surface area contributed by atoms with E-state index in [0.717, 1.165) is 18.9 Å². The smallest absolute Gasteiger partial charge is 0.379 e. The lowest BCUT2D eigenvalue weighted by molar-refractivity contribution is -0.206. The summed E-state index contributed by atoms with van der Waals surface area (Å²) in [6.07, 6.45) is -5.42. The predicted octanol–water partition coefficient (Wildman–Crippen LogP) is 2.53. The van der Waals surface area contributed by atoms with Crippen LogP contribution in [0.4, 0.5) is 18.9 Å². The lowest BCUT2D eigenvalue weighted by Gasteiger charge is -2.19. The van der Waals surface area contributed by atoms with Crippen molar-refractivity contribution in [3.63, 3.8) is 0 Å². The molecule has 1 aromatic rings. The number of alkyl halides is 3. The first-order valence-electron chi connectivity index (χ1n) is 7.70. The normalized spacial score (nSPS) is 20.0. The first-order valence-corrected chi connectivity index (χ1v) is 7.70. The Kier molecular flexibility index (Phi) is 5.82. The zero-order valence-electron chi connectivity index (χ0n) is 12.9. The zero-order chi connectivity index (χ0) is 17.7. The van der Waals surface area contributed by atoms with E-state index >= 15 is 0 Å². The molecule has 1 aliphatic heterocycles. The van der Waals surface area contributed by atoms with E-state index in [4.69, 9.17) is 0 Å². The highest BCUT2D eigenvalue weighted by Crippen LogP contribution is 2.36. The summed E-state index contributed by atoms with van der Waals surface area (Å²) in [4.78, 5) is 23.9. The summed E-state index contributed by atoms with van der Waals surface area (Å²) >= 11 is 0. The Morgan fingerprint density at radius 3 is 2.75 bits per heavy atom. The molecule has 0 aromatic heterocycles. The summed E-state index contributed by atoms with van der Waals surface area (Å²) in [5, 5.41) is 14.5. The maximum absolute atomic E-state index is 12.7. The van der Waals surface area contributed by atoms with Gasteiger partial charge in [-0.2, -0.15) is 13.2 Å². The van der Waals surface area contributed by atoms with Crippen molar-refractivity contribution in [1.82, 2.24) is 5.32 Å². The molecule has 1 heterocycles. The van der Waals surface area contributed by atoms with Crippen molar-refractivity contribution in [2.24, 2.45) is 5.92 Å². The molecule has 3 N–H and O–H groups in total. The van der Waals surface area contributed by atoms with Gasteiger partial charge in [-0.15, -0.1) is 0 Å². The van der Waals surface area contributed by atoms with Crippen LogP contribution < -0.4 is 10.6 Å². The van der Waals surface area contributed by atoms with Crippen LogP contribution in [0.2, 0.25) is 0 Å². The third kappa shape index (κ3) is 4.70. The fourth-order valence-corrected chi connectivity index (χ4v) is 2.65. The molecule has 5 nitrogen and oxygen atoms in total. The van der Waals surface area contributed by atoms with Crippen LogP contribution in [0.3, 0.4) is 0 Å². The number of nitrogens with one attached hydrogen (secondary N) is 2. The van der Waals surface area contributed by atoms with Gasteiger partial charge < -0.3 is 15.7 Å². The molecule has 0 spiro atoms. The van der Waals surface area contributed by atoms with E-state index in [9.17, 15) is 27.9 Å².